The minimum Gasteiger partial charge on any atom is -0.490 e. The molecule has 0 saturated heterocycles. The summed E-state index contributed by atoms with van der Waals surface area (Å²) in [7, 11) is 0. The van der Waals surface area contributed by atoms with Gasteiger partial charge < -0.3 is 9.47 Å². The first-order valence-corrected chi connectivity index (χ1v) is 8.67. The maximum atomic E-state index is 6.24. The molecule has 2 nitrogen and oxygen atoms in total. The molecule has 0 heterocycles. The lowest BCUT2D eigenvalue weighted by atomic mass is 9.96. The van der Waals surface area contributed by atoms with E-state index >= 15 is 0 Å². The van der Waals surface area contributed by atoms with E-state index in [-0.39, 0.29) is 12.2 Å². The maximum absolute atomic E-state index is 6.24. The van der Waals surface area contributed by atoms with Crippen molar-refractivity contribution in [3.63, 3.8) is 0 Å². The van der Waals surface area contributed by atoms with Crippen molar-refractivity contribution in [2.75, 3.05) is 0 Å². The number of ether oxygens (including phenoxy) is 2. The molecule has 0 aromatic heterocycles. The molecule has 3 aromatic rings. The van der Waals surface area contributed by atoms with E-state index in [0.717, 1.165) is 33.0 Å². The van der Waals surface area contributed by atoms with Crippen molar-refractivity contribution in [3.8, 4) is 11.5 Å². The molecule has 0 N–H and O–H groups in total. The number of hydrogen-bond acceptors (Lipinski definition) is 2. The van der Waals surface area contributed by atoms with Gasteiger partial charge in [-0.2, -0.15) is 0 Å². The molecule has 0 atom stereocenters. The highest BCUT2D eigenvalue weighted by atomic mass is 16.5. The molecule has 0 fully saturated rings. The standard InChI is InChI=1S/C22H26O2/c1-13(2)23-21-17-9-7-8-10-18(17)22(24-14(3)4)20-12-16(6)15(5)11-19(20)21/h7-14H,1-6H3. The summed E-state index contributed by atoms with van der Waals surface area (Å²) in [6.07, 6.45) is 0.241. The molecular formula is C22H26O2. The second-order valence-electron chi connectivity index (χ2n) is 7.02. The Labute approximate surface area is 144 Å². The fourth-order valence-electron chi connectivity index (χ4n) is 3.09. The van der Waals surface area contributed by atoms with Crippen LogP contribution in [0.4, 0.5) is 0 Å². The topological polar surface area (TPSA) is 18.5 Å². The monoisotopic (exact) mass is 322 g/mol. The van der Waals surface area contributed by atoms with Gasteiger partial charge in [-0.25, -0.2) is 0 Å². The van der Waals surface area contributed by atoms with Crippen LogP contribution in [0.2, 0.25) is 0 Å². The quantitative estimate of drug-likeness (QED) is 0.534. The third-order valence-corrected chi connectivity index (χ3v) is 4.25. The predicted octanol–water partition coefficient (Wildman–Crippen LogP) is 6.18. The van der Waals surface area contributed by atoms with Crippen molar-refractivity contribution >= 4 is 21.5 Å². The minimum atomic E-state index is 0.120. The minimum absolute atomic E-state index is 0.120. The van der Waals surface area contributed by atoms with Crippen LogP contribution in [-0.2, 0) is 0 Å². The molecular weight excluding hydrogens is 296 g/mol. The molecule has 3 aromatic carbocycles. The number of rotatable bonds is 4. The van der Waals surface area contributed by atoms with Gasteiger partial charge in [-0.15, -0.1) is 0 Å². The molecule has 0 spiro atoms. The summed E-state index contributed by atoms with van der Waals surface area (Å²) in [4.78, 5) is 0. The van der Waals surface area contributed by atoms with E-state index in [4.69, 9.17) is 9.47 Å². The van der Waals surface area contributed by atoms with E-state index in [1.165, 1.54) is 11.1 Å². The third kappa shape index (κ3) is 2.93. The van der Waals surface area contributed by atoms with E-state index in [2.05, 4.69) is 77.9 Å². The highest BCUT2D eigenvalue weighted by Crippen LogP contribution is 2.44. The van der Waals surface area contributed by atoms with Crippen LogP contribution in [0, 0.1) is 13.8 Å². The zero-order valence-corrected chi connectivity index (χ0v) is 15.4. The van der Waals surface area contributed by atoms with Crippen molar-refractivity contribution < 1.29 is 9.47 Å². The summed E-state index contributed by atoms with van der Waals surface area (Å²) in [6.45, 7) is 12.6. The lowest BCUT2D eigenvalue weighted by Gasteiger charge is -2.21. The van der Waals surface area contributed by atoms with Crippen molar-refractivity contribution in [2.45, 2.75) is 53.8 Å². The summed E-state index contributed by atoms with van der Waals surface area (Å²) >= 11 is 0. The van der Waals surface area contributed by atoms with Gasteiger partial charge in [0.05, 0.1) is 12.2 Å². The van der Waals surface area contributed by atoms with Crippen molar-refractivity contribution in [1.82, 2.24) is 0 Å². The van der Waals surface area contributed by atoms with Gasteiger partial charge in [-0.05, 0) is 64.8 Å². The van der Waals surface area contributed by atoms with Crippen molar-refractivity contribution in [3.05, 3.63) is 47.5 Å². The molecule has 24 heavy (non-hydrogen) atoms. The van der Waals surface area contributed by atoms with Gasteiger partial charge in [0.25, 0.3) is 0 Å². The molecule has 0 aliphatic carbocycles. The Kier molecular flexibility index (Phi) is 4.40. The molecule has 0 aliphatic heterocycles. The van der Waals surface area contributed by atoms with Crippen LogP contribution in [0.5, 0.6) is 11.5 Å². The van der Waals surface area contributed by atoms with E-state index in [9.17, 15) is 0 Å². The van der Waals surface area contributed by atoms with Crippen LogP contribution in [0.15, 0.2) is 36.4 Å². The number of fused-ring (bicyclic) bond motifs is 2. The first-order chi connectivity index (χ1) is 11.4. The molecule has 2 heteroatoms. The van der Waals surface area contributed by atoms with Gasteiger partial charge in [0.15, 0.2) is 0 Å². The highest BCUT2D eigenvalue weighted by molar-refractivity contribution is 6.11. The molecule has 0 saturated carbocycles. The summed E-state index contributed by atoms with van der Waals surface area (Å²) in [5, 5.41) is 4.47. The SMILES string of the molecule is Cc1cc2c(OC(C)C)c3ccccc3c(OC(C)C)c2cc1C. The second-order valence-corrected chi connectivity index (χ2v) is 7.02. The molecule has 0 bridgehead atoms. The Morgan fingerprint density at radius 2 is 1.00 bits per heavy atom. The van der Waals surface area contributed by atoms with Gasteiger partial charge >= 0.3 is 0 Å². The summed E-state index contributed by atoms with van der Waals surface area (Å²) in [6, 6.07) is 12.8. The smallest absolute Gasteiger partial charge is 0.135 e. The Balaban J connectivity index is 2.48. The van der Waals surface area contributed by atoms with E-state index in [1.54, 1.807) is 0 Å². The van der Waals surface area contributed by atoms with Crippen molar-refractivity contribution in [1.29, 1.82) is 0 Å². The number of aryl methyl sites for hydroxylation is 2. The van der Waals surface area contributed by atoms with Gasteiger partial charge in [-0.3, -0.25) is 0 Å². The van der Waals surface area contributed by atoms with Gasteiger partial charge in [0.2, 0.25) is 0 Å². The van der Waals surface area contributed by atoms with E-state index in [0.29, 0.717) is 0 Å². The fourth-order valence-corrected chi connectivity index (χ4v) is 3.09. The predicted molar refractivity (Wildman–Crippen MR) is 102 cm³/mol. The maximum Gasteiger partial charge on any atom is 0.135 e. The molecule has 126 valence electrons. The fraction of sp³-hybridized carbons (Fsp3) is 0.364. The number of benzene rings is 3. The summed E-state index contributed by atoms with van der Waals surface area (Å²) < 4.78 is 12.5. The average Bonchev–Trinajstić information content (AvgIpc) is 2.52. The van der Waals surface area contributed by atoms with Crippen LogP contribution in [-0.4, -0.2) is 12.2 Å². The normalized spacial score (nSPS) is 11.7. The summed E-state index contributed by atoms with van der Waals surface area (Å²) in [5.41, 5.74) is 2.53. The Morgan fingerprint density at radius 1 is 0.625 bits per heavy atom. The summed E-state index contributed by atoms with van der Waals surface area (Å²) in [5.74, 6) is 1.91. The average molecular weight is 322 g/mol. The van der Waals surface area contributed by atoms with Crippen molar-refractivity contribution in [2.24, 2.45) is 0 Å². The zero-order valence-electron chi connectivity index (χ0n) is 15.4. The first-order valence-electron chi connectivity index (χ1n) is 8.67. The Morgan fingerprint density at radius 3 is 1.33 bits per heavy atom. The van der Waals surface area contributed by atoms with Crippen LogP contribution < -0.4 is 9.47 Å². The molecule has 3 rings (SSSR count). The molecule has 0 unspecified atom stereocenters. The van der Waals surface area contributed by atoms with Gasteiger partial charge in [0.1, 0.15) is 11.5 Å². The van der Waals surface area contributed by atoms with Crippen LogP contribution in [0.1, 0.15) is 38.8 Å². The lowest BCUT2D eigenvalue weighted by molar-refractivity contribution is 0.244. The van der Waals surface area contributed by atoms with Crippen LogP contribution in [0.25, 0.3) is 21.5 Å². The Hall–Kier alpha value is -2.22. The highest BCUT2D eigenvalue weighted by Gasteiger charge is 2.18. The van der Waals surface area contributed by atoms with Gasteiger partial charge in [0, 0.05) is 21.5 Å². The molecule has 0 radical (unpaired) electrons. The van der Waals surface area contributed by atoms with E-state index < -0.39 is 0 Å². The molecule has 0 amide bonds. The molecule has 0 aliphatic rings. The third-order valence-electron chi connectivity index (χ3n) is 4.25. The second kappa shape index (κ2) is 6.35. The first kappa shape index (κ1) is 16.6. The number of hydrogen-bond donors (Lipinski definition) is 0. The van der Waals surface area contributed by atoms with Crippen LogP contribution in [0.3, 0.4) is 0 Å². The largest absolute Gasteiger partial charge is 0.490 e. The van der Waals surface area contributed by atoms with Gasteiger partial charge in [-0.1, -0.05) is 24.3 Å². The van der Waals surface area contributed by atoms with E-state index in [1.807, 2.05) is 0 Å². The van der Waals surface area contributed by atoms with Crippen LogP contribution >= 0.6 is 0 Å². The zero-order chi connectivity index (χ0) is 17.4. The lowest BCUT2D eigenvalue weighted by Crippen LogP contribution is -2.09. The Bertz CT molecular complexity index is 817.